The number of hydrogen-bond donors (Lipinski definition) is 1. The van der Waals surface area contributed by atoms with E-state index in [1.165, 1.54) is 0 Å². The van der Waals surface area contributed by atoms with Gasteiger partial charge in [0.25, 0.3) is 5.91 Å². The van der Waals surface area contributed by atoms with E-state index in [4.69, 9.17) is 4.84 Å². The average molecular weight is 370 g/mol. The normalized spacial score (nSPS) is 25.3. The molecule has 1 aliphatic carbocycles. The van der Waals surface area contributed by atoms with E-state index in [-0.39, 0.29) is 17.7 Å². The zero-order valence-corrected chi connectivity index (χ0v) is 15.5. The first-order chi connectivity index (χ1) is 13.2. The molecule has 7 nitrogen and oxygen atoms in total. The van der Waals surface area contributed by atoms with E-state index in [2.05, 4.69) is 15.5 Å². The van der Waals surface area contributed by atoms with Gasteiger partial charge in [0, 0.05) is 37.8 Å². The molecule has 1 aromatic rings. The lowest BCUT2D eigenvalue weighted by Crippen LogP contribution is -2.52. The highest BCUT2D eigenvalue weighted by molar-refractivity contribution is 6.39. The van der Waals surface area contributed by atoms with Gasteiger partial charge in [-0.25, -0.2) is 0 Å². The molecule has 4 rings (SSSR count). The molecule has 1 atom stereocenters. The summed E-state index contributed by atoms with van der Waals surface area (Å²) in [5.74, 6) is 0.212. The third-order valence-electron chi connectivity index (χ3n) is 5.83. The van der Waals surface area contributed by atoms with Gasteiger partial charge in [-0.2, -0.15) is 0 Å². The molecule has 1 saturated carbocycles. The van der Waals surface area contributed by atoms with Gasteiger partial charge in [-0.3, -0.25) is 14.6 Å². The van der Waals surface area contributed by atoms with Crippen LogP contribution in [-0.2, 0) is 21.0 Å². The molecule has 0 radical (unpaired) electrons. The maximum absolute atomic E-state index is 12.8. The molecule has 1 aromatic heterocycles. The van der Waals surface area contributed by atoms with Gasteiger partial charge in [0.05, 0.1) is 6.54 Å². The Morgan fingerprint density at radius 1 is 1.30 bits per heavy atom. The Kier molecular flexibility index (Phi) is 5.09. The molecule has 1 spiro atoms. The summed E-state index contributed by atoms with van der Waals surface area (Å²) >= 11 is 0. The third-order valence-corrected chi connectivity index (χ3v) is 5.83. The van der Waals surface area contributed by atoms with Crippen LogP contribution in [0, 0.1) is 5.92 Å². The van der Waals surface area contributed by atoms with Crippen molar-refractivity contribution in [1.29, 1.82) is 0 Å². The first kappa shape index (κ1) is 17.9. The fraction of sp³-hybridized carbons (Fsp3) is 0.600. The second kappa shape index (κ2) is 7.66. The van der Waals surface area contributed by atoms with Gasteiger partial charge >= 0.3 is 0 Å². The minimum atomic E-state index is -0.534. The molecule has 0 bridgehead atoms. The van der Waals surface area contributed by atoms with Gasteiger partial charge in [-0.05, 0) is 37.3 Å². The topological polar surface area (TPSA) is 83.9 Å². The predicted molar refractivity (Wildman–Crippen MR) is 99.7 cm³/mol. The van der Waals surface area contributed by atoms with E-state index in [0.29, 0.717) is 25.2 Å². The number of hydrogen-bond acceptors (Lipinski definition) is 5. The van der Waals surface area contributed by atoms with Crippen LogP contribution in [0.5, 0.6) is 0 Å². The lowest BCUT2D eigenvalue weighted by atomic mass is 9.87. The molecule has 3 aliphatic rings. The Bertz CT molecular complexity index is 730. The number of likely N-dealkylation sites (tertiary alicyclic amines) is 1. The van der Waals surface area contributed by atoms with Crippen molar-refractivity contribution in [3.63, 3.8) is 0 Å². The summed E-state index contributed by atoms with van der Waals surface area (Å²) in [6.07, 6.45) is 9.90. The number of amides is 2. The number of oxime groups is 1. The maximum atomic E-state index is 12.8. The van der Waals surface area contributed by atoms with Gasteiger partial charge in [0.15, 0.2) is 5.60 Å². The lowest BCUT2D eigenvalue weighted by molar-refractivity contribution is -0.144. The van der Waals surface area contributed by atoms with Crippen LogP contribution in [0.15, 0.2) is 29.7 Å². The zero-order chi connectivity index (χ0) is 18.7. The second-order valence-corrected chi connectivity index (χ2v) is 7.88. The van der Waals surface area contributed by atoms with Crippen LogP contribution in [0.4, 0.5) is 0 Å². The Morgan fingerprint density at radius 2 is 2.15 bits per heavy atom. The molecule has 0 unspecified atom stereocenters. The molecule has 2 amide bonds. The Balaban J connectivity index is 1.32. The average Bonchev–Trinajstić information content (AvgIpc) is 3.37. The van der Waals surface area contributed by atoms with Gasteiger partial charge in [0.1, 0.15) is 5.71 Å². The van der Waals surface area contributed by atoms with Gasteiger partial charge in [-0.15, -0.1) is 0 Å². The summed E-state index contributed by atoms with van der Waals surface area (Å²) in [7, 11) is 0. The van der Waals surface area contributed by atoms with Crippen LogP contribution in [0.25, 0.3) is 0 Å². The predicted octanol–water partition coefficient (Wildman–Crippen LogP) is 2.03. The number of nitrogens with zero attached hydrogens (tertiary/aromatic N) is 3. The van der Waals surface area contributed by atoms with E-state index >= 15 is 0 Å². The minimum absolute atomic E-state index is 0.171. The molecular weight excluding hydrogens is 344 g/mol. The minimum Gasteiger partial charge on any atom is -0.386 e. The summed E-state index contributed by atoms with van der Waals surface area (Å²) in [5, 5.41) is 6.94. The van der Waals surface area contributed by atoms with Gasteiger partial charge < -0.3 is 15.1 Å². The molecule has 0 aromatic carbocycles. The quantitative estimate of drug-likeness (QED) is 0.879. The van der Waals surface area contributed by atoms with Crippen molar-refractivity contribution in [2.75, 3.05) is 13.1 Å². The van der Waals surface area contributed by atoms with E-state index in [0.717, 1.165) is 50.6 Å². The Morgan fingerprint density at radius 3 is 2.93 bits per heavy atom. The maximum Gasteiger partial charge on any atom is 0.269 e. The SMILES string of the molecule is O=C(NCc1cccnc1)C1=NO[C@@]2(CCCN(C(=O)C3CCCC3)C2)C1. The summed E-state index contributed by atoms with van der Waals surface area (Å²) in [6, 6.07) is 3.75. The summed E-state index contributed by atoms with van der Waals surface area (Å²) in [5.41, 5.74) is 0.813. The summed E-state index contributed by atoms with van der Waals surface area (Å²) in [6.45, 7) is 1.72. The number of nitrogens with one attached hydrogen (secondary N) is 1. The zero-order valence-electron chi connectivity index (χ0n) is 15.5. The molecule has 2 fully saturated rings. The van der Waals surface area contributed by atoms with E-state index in [1.54, 1.807) is 12.4 Å². The first-order valence-corrected chi connectivity index (χ1v) is 9.86. The van der Waals surface area contributed by atoms with Crippen LogP contribution >= 0.6 is 0 Å². The molecule has 1 N–H and O–H groups in total. The number of rotatable bonds is 4. The fourth-order valence-corrected chi connectivity index (χ4v) is 4.37. The van der Waals surface area contributed by atoms with Crippen molar-refractivity contribution in [3.8, 4) is 0 Å². The first-order valence-electron chi connectivity index (χ1n) is 9.86. The Hall–Kier alpha value is -2.44. The van der Waals surface area contributed by atoms with Crippen LogP contribution in [0.1, 0.15) is 50.5 Å². The van der Waals surface area contributed by atoms with Crippen LogP contribution in [-0.4, -0.2) is 46.1 Å². The molecule has 2 aliphatic heterocycles. The molecule has 3 heterocycles. The van der Waals surface area contributed by atoms with Crippen molar-refractivity contribution in [2.24, 2.45) is 11.1 Å². The summed E-state index contributed by atoms with van der Waals surface area (Å²) in [4.78, 5) is 36.9. The van der Waals surface area contributed by atoms with Crippen LogP contribution < -0.4 is 5.32 Å². The second-order valence-electron chi connectivity index (χ2n) is 7.88. The third kappa shape index (κ3) is 3.96. The van der Waals surface area contributed by atoms with Crippen LogP contribution in [0.2, 0.25) is 0 Å². The monoisotopic (exact) mass is 370 g/mol. The van der Waals surface area contributed by atoms with Gasteiger partial charge in [-0.1, -0.05) is 24.1 Å². The molecular formula is C20H26N4O3. The number of carbonyl (C=O) groups is 2. The highest BCUT2D eigenvalue weighted by Crippen LogP contribution is 2.35. The van der Waals surface area contributed by atoms with E-state index in [9.17, 15) is 9.59 Å². The van der Waals surface area contributed by atoms with E-state index in [1.807, 2.05) is 17.0 Å². The van der Waals surface area contributed by atoms with Crippen molar-refractivity contribution in [1.82, 2.24) is 15.2 Å². The standard InChI is InChI=1S/C20H26N4O3/c25-18(22-13-15-5-3-9-21-12-15)17-11-20(27-23-17)8-4-10-24(14-20)19(26)16-6-1-2-7-16/h3,5,9,12,16H,1-2,4,6-8,10-11,13-14H2,(H,22,25)/t20-/m0/s1. The number of pyridine rings is 1. The number of carbonyl (C=O) groups excluding carboxylic acids is 2. The smallest absolute Gasteiger partial charge is 0.269 e. The molecule has 1 saturated heterocycles. The lowest BCUT2D eigenvalue weighted by Gasteiger charge is -2.39. The van der Waals surface area contributed by atoms with Crippen molar-refractivity contribution in [3.05, 3.63) is 30.1 Å². The number of aromatic nitrogens is 1. The van der Waals surface area contributed by atoms with Gasteiger partial charge in [0.2, 0.25) is 5.91 Å². The van der Waals surface area contributed by atoms with Crippen molar-refractivity contribution in [2.45, 2.75) is 57.1 Å². The van der Waals surface area contributed by atoms with Crippen molar-refractivity contribution >= 4 is 17.5 Å². The summed E-state index contributed by atoms with van der Waals surface area (Å²) < 4.78 is 0. The molecule has 144 valence electrons. The van der Waals surface area contributed by atoms with E-state index < -0.39 is 5.60 Å². The van der Waals surface area contributed by atoms with Crippen molar-refractivity contribution < 1.29 is 14.4 Å². The highest BCUT2D eigenvalue weighted by atomic mass is 16.7. The Labute approximate surface area is 159 Å². The number of piperidine rings is 1. The molecule has 7 heteroatoms. The molecule has 27 heavy (non-hydrogen) atoms. The van der Waals surface area contributed by atoms with Crippen LogP contribution in [0.3, 0.4) is 0 Å². The highest BCUT2D eigenvalue weighted by Gasteiger charge is 2.46. The fourth-order valence-electron chi connectivity index (χ4n) is 4.37. The largest absolute Gasteiger partial charge is 0.386 e.